The molecular weight excluding hydrogens is 404 g/mol. The fraction of sp³-hybridized carbons (Fsp3) is 0.105. The minimum Gasteiger partial charge on any atom is -0.382 e. The zero-order valence-electron chi connectivity index (χ0n) is 15.8. The predicted octanol–water partition coefficient (Wildman–Crippen LogP) is 2.06. The highest BCUT2D eigenvalue weighted by atomic mass is 32.2. The largest absolute Gasteiger partial charge is 0.382 e. The van der Waals surface area contributed by atoms with Gasteiger partial charge in [0.25, 0.3) is 10.0 Å². The number of nitriles is 1. The molecule has 1 aromatic carbocycles. The molecule has 1 aliphatic rings. The van der Waals surface area contributed by atoms with Gasteiger partial charge in [-0.05, 0) is 25.1 Å². The van der Waals surface area contributed by atoms with Crippen LogP contribution in [0.3, 0.4) is 0 Å². The summed E-state index contributed by atoms with van der Waals surface area (Å²) in [5.41, 5.74) is 6.52. The molecule has 0 saturated heterocycles. The summed E-state index contributed by atoms with van der Waals surface area (Å²) in [6.45, 7) is 1.72. The monoisotopic (exact) mass is 420 g/mol. The first-order chi connectivity index (χ1) is 14.4. The molecule has 2 aromatic heterocycles. The summed E-state index contributed by atoms with van der Waals surface area (Å²) in [6, 6.07) is 11.4. The third-order valence-electron chi connectivity index (χ3n) is 4.44. The van der Waals surface area contributed by atoms with Gasteiger partial charge in [-0.2, -0.15) is 5.26 Å². The summed E-state index contributed by atoms with van der Waals surface area (Å²) >= 11 is 0. The first-order valence-electron chi connectivity index (χ1n) is 8.83. The molecule has 0 spiro atoms. The van der Waals surface area contributed by atoms with Crippen LogP contribution >= 0.6 is 0 Å². The van der Waals surface area contributed by atoms with Gasteiger partial charge in [0.2, 0.25) is 0 Å². The van der Waals surface area contributed by atoms with Crippen molar-refractivity contribution in [1.29, 1.82) is 5.26 Å². The van der Waals surface area contributed by atoms with Gasteiger partial charge in [0.05, 0.1) is 17.4 Å². The maximum atomic E-state index is 13.4. The van der Waals surface area contributed by atoms with Crippen LogP contribution in [0, 0.1) is 11.3 Å². The summed E-state index contributed by atoms with van der Waals surface area (Å²) in [7, 11) is -3.97. The lowest BCUT2D eigenvalue weighted by Gasteiger charge is -2.32. The minimum absolute atomic E-state index is 0.00815. The molecule has 30 heavy (non-hydrogen) atoms. The molecule has 1 atom stereocenters. The van der Waals surface area contributed by atoms with E-state index in [0.717, 1.165) is 4.31 Å². The van der Waals surface area contributed by atoms with Crippen LogP contribution in [-0.4, -0.2) is 35.2 Å². The van der Waals surface area contributed by atoms with Crippen molar-refractivity contribution in [1.82, 2.24) is 15.0 Å². The molecule has 10 nitrogen and oxygen atoms in total. The van der Waals surface area contributed by atoms with Crippen LogP contribution in [0.5, 0.6) is 0 Å². The molecule has 0 bridgehead atoms. The maximum Gasteiger partial charge on any atom is 0.273 e. The number of anilines is 3. The lowest BCUT2D eigenvalue weighted by molar-refractivity contribution is 0.595. The van der Waals surface area contributed by atoms with Crippen molar-refractivity contribution in [2.24, 2.45) is 4.99 Å². The fourth-order valence-corrected chi connectivity index (χ4v) is 4.66. The van der Waals surface area contributed by atoms with E-state index < -0.39 is 16.1 Å². The quantitative estimate of drug-likeness (QED) is 0.651. The van der Waals surface area contributed by atoms with Crippen molar-refractivity contribution in [2.45, 2.75) is 17.9 Å². The molecule has 150 valence electrons. The third-order valence-corrected chi connectivity index (χ3v) is 6.19. The topological polar surface area (TPSA) is 150 Å². The lowest BCUT2D eigenvalue weighted by Crippen LogP contribution is -2.47. The van der Waals surface area contributed by atoms with Crippen molar-refractivity contribution < 1.29 is 8.42 Å². The van der Waals surface area contributed by atoms with Crippen molar-refractivity contribution in [3.8, 4) is 6.07 Å². The number of nitrogens with one attached hydrogen (secondary N) is 1. The Morgan fingerprint density at radius 2 is 1.97 bits per heavy atom. The van der Waals surface area contributed by atoms with Gasteiger partial charge >= 0.3 is 0 Å². The molecule has 3 aromatic rings. The number of fused-ring (bicyclic) bond motifs is 1. The van der Waals surface area contributed by atoms with E-state index in [9.17, 15) is 13.7 Å². The molecule has 0 aliphatic carbocycles. The molecule has 11 heteroatoms. The molecular formula is C19H16N8O2S. The van der Waals surface area contributed by atoms with E-state index in [2.05, 4.69) is 25.3 Å². The summed E-state index contributed by atoms with van der Waals surface area (Å²) in [4.78, 5) is 16.4. The zero-order valence-corrected chi connectivity index (χ0v) is 16.6. The Morgan fingerprint density at radius 1 is 1.20 bits per heavy atom. The van der Waals surface area contributed by atoms with E-state index in [-0.39, 0.29) is 33.6 Å². The highest BCUT2D eigenvalue weighted by Gasteiger charge is 2.38. The second-order valence-corrected chi connectivity index (χ2v) is 8.13. The van der Waals surface area contributed by atoms with E-state index in [1.165, 1.54) is 24.8 Å². The first-order valence-corrected chi connectivity index (χ1v) is 10.3. The van der Waals surface area contributed by atoms with Gasteiger partial charge in [-0.3, -0.25) is 4.98 Å². The third kappa shape index (κ3) is 3.19. The molecule has 3 N–H and O–H groups in total. The van der Waals surface area contributed by atoms with E-state index in [0.29, 0.717) is 5.69 Å². The number of hydrogen-bond donors (Lipinski definition) is 2. The average molecular weight is 420 g/mol. The molecule has 0 fully saturated rings. The Bertz CT molecular complexity index is 1290. The molecule has 4 rings (SSSR count). The number of aliphatic imine (C=N–C) groups is 1. The Morgan fingerprint density at radius 3 is 2.70 bits per heavy atom. The second-order valence-electron chi connectivity index (χ2n) is 6.38. The van der Waals surface area contributed by atoms with E-state index in [1.54, 1.807) is 37.3 Å². The van der Waals surface area contributed by atoms with Gasteiger partial charge in [0.1, 0.15) is 40.3 Å². The highest BCUT2D eigenvalue weighted by molar-refractivity contribution is 7.93. The first kappa shape index (κ1) is 19.3. The SMILES string of the molecule is CC(Nc1ncnc(N)c1C#N)C1=Nc2ccncc2S(=O)(=O)N1c1ccccc1. The number of nitrogen functional groups attached to an aromatic ring is 1. The smallest absolute Gasteiger partial charge is 0.273 e. The van der Waals surface area contributed by atoms with Crippen molar-refractivity contribution in [3.05, 3.63) is 60.7 Å². The second kappa shape index (κ2) is 7.41. The number of hydrogen-bond acceptors (Lipinski definition) is 9. The summed E-state index contributed by atoms with van der Waals surface area (Å²) in [5.74, 6) is 0.420. The molecule has 0 radical (unpaired) electrons. The van der Waals surface area contributed by atoms with E-state index >= 15 is 0 Å². The van der Waals surface area contributed by atoms with Crippen LogP contribution in [0.2, 0.25) is 0 Å². The number of benzene rings is 1. The van der Waals surface area contributed by atoms with E-state index in [1.807, 2.05) is 6.07 Å². The van der Waals surface area contributed by atoms with Crippen LogP contribution < -0.4 is 15.4 Å². The maximum absolute atomic E-state index is 13.4. The van der Waals surface area contributed by atoms with Crippen LogP contribution in [0.25, 0.3) is 0 Å². The number of nitrogens with zero attached hydrogens (tertiary/aromatic N) is 6. The van der Waals surface area contributed by atoms with Gasteiger partial charge in [-0.25, -0.2) is 27.7 Å². The van der Waals surface area contributed by atoms with Gasteiger partial charge in [0.15, 0.2) is 0 Å². The highest BCUT2D eigenvalue weighted by Crippen LogP contribution is 2.35. The molecule has 0 amide bonds. The average Bonchev–Trinajstić information content (AvgIpc) is 2.74. The minimum atomic E-state index is -3.97. The van der Waals surface area contributed by atoms with Gasteiger partial charge in [-0.15, -0.1) is 0 Å². The molecule has 1 unspecified atom stereocenters. The van der Waals surface area contributed by atoms with Crippen molar-refractivity contribution >= 4 is 38.9 Å². The van der Waals surface area contributed by atoms with Crippen molar-refractivity contribution in [3.63, 3.8) is 0 Å². The fourth-order valence-electron chi connectivity index (χ4n) is 3.05. The molecule has 0 saturated carbocycles. The van der Waals surface area contributed by atoms with E-state index in [4.69, 9.17) is 5.73 Å². The van der Waals surface area contributed by atoms with Gasteiger partial charge in [0, 0.05) is 12.4 Å². The number of amidine groups is 1. The Hall–Kier alpha value is -4.04. The molecule has 1 aliphatic heterocycles. The van der Waals surface area contributed by atoms with Crippen molar-refractivity contribution in [2.75, 3.05) is 15.4 Å². The number of sulfonamides is 1. The number of para-hydroxylation sites is 1. The number of pyridine rings is 1. The normalized spacial score (nSPS) is 15.5. The van der Waals surface area contributed by atoms with Crippen LogP contribution in [0.4, 0.5) is 23.0 Å². The van der Waals surface area contributed by atoms with Crippen LogP contribution in [-0.2, 0) is 10.0 Å². The number of nitrogens with two attached hydrogens (primary N) is 1. The van der Waals surface area contributed by atoms with Crippen LogP contribution in [0.15, 0.2) is 65.0 Å². The lowest BCUT2D eigenvalue weighted by atomic mass is 10.2. The predicted molar refractivity (Wildman–Crippen MR) is 112 cm³/mol. The number of aromatic nitrogens is 3. The number of rotatable bonds is 4. The van der Waals surface area contributed by atoms with Gasteiger partial charge < -0.3 is 11.1 Å². The summed E-state index contributed by atoms with van der Waals surface area (Å²) in [5, 5.41) is 12.4. The Balaban J connectivity index is 1.85. The summed E-state index contributed by atoms with van der Waals surface area (Å²) in [6.07, 6.45) is 3.98. The molecule has 3 heterocycles. The summed E-state index contributed by atoms with van der Waals surface area (Å²) < 4.78 is 28.0. The Kier molecular flexibility index (Phi) is 4.77. The zero-order chi connectivity index (χ0) is 21.3. The Labute approximate surface area is 172 Å². The van der Waals surface area contributed by atoms with Gasteiger partial charge in [-0.1, -0.05) is 18.2 Å². The standard InChI is InChI=1S/C19H16N8O2S/c1-12(25-18-14(9-20)17(21)23-11-24-18)19-26-15-7-8-22-10-16(15)30(28,29)27(19)13-5-3-2-4-6-13/h2-8,10-12H,1H3,(H3,21,23,24,25). The van der Waals surface area contributed by atoms with Crippen LogP contribution in [0.1, 0.15) is 12.5 Å².